The van der Waals surface area contributed by atoms with Gasteiger partial charge >= 0.3 is 5.97 Å². The van der Waals surface area contributed by atoms with Gasteiger partial charge < -0.3 is 24.4 Å². The molecule has 3 aliphatic heterocycles. The van der Waals surface area contributed by atoms with Crippen LogP contribution < -0.4 is 4.90 Å². The number of aliphatic hydroxyl groups excluding tert-OH is 1. The van der Waals surface area contributed by atoms with Crippen molar-refractivity contribution >= 4 is 35.1 Å². The summed E-state index contributed by atoms with van der Waals surface area (Å²) in [4.78, 5) is 43.7. The Morgan fingerprint density at radius 3 is 2.76 bits per heavy atom. The number of rotatable bonds is 10. The first-order valence-electron chi connectivity index (χ1n) is 11.4. The Kier molecular flexibility index (Phi) is 7.12. The fraction of sp³-hybridized carbons (Fsp3) is 0.480. The standard InChI is InChI=1S/C25H29ClN2O6/c1-3-12-27(17-9-6-5-8-16(17)26)23(31)21-25-11-10-18(34-25)19(24(32)33-15-4-2)20(25)22(30)28(21)13-7-14-29/h3-6,8-9,18-21,29H,1-2,7,10-15H2/t18-,19+,20-,21?,25?/m0/s1. The molecular weight excluding hydrogens is 460 g/mol. The zero-order valence-electron chi connectivity index (χ0n) is 18.9. The number of para-hydroxylation sites is 1. The van der Waals surface area contributed by atoms with Gasteiger partial charge in [-0.3, -0.25) is 14.4 Å². The Morgan fingerprint density at radius 1 is 1.32 bits per heavy atom. The summed E-state index contributed by atoms with van der Waals surface area (Å²) in [6.07, 6.45) is 3.87. The third-order valence-corrected chi connectivity index (χ3v) is 7.25. The first-order valence-corrected chi connectivity index (χ1v) is 11.8. The lowest BCUT2D eigenvalue weighted by Crippen LogP contribution is -2.56. The van der Waals surface area contributed by atoms with Crippen LogP contribution in [0.15, 0.2) is 49.6 Å². The van der Waals surface area contributed by atoms with E-state index in [1.807, 2.05) is 0 Å². The van der Waals surface area contributed by atoms with Crippen LogP contribution in [0.25, 0.3) is 0 Å². The van der Waals surface area contributed by atoms with Crippen molar-refractivity contribution in [1.82, 2.24) is 4.90 Å². The van der Waals surface area contributed by atoms with E-state index in [-0.39, 0.29) is 38.1 Å². The normalized spacial score (nSPS) is 29.1. The zero-order valence-corrected chi connectivity index (χ0v) is 19.7. The van der Waals surface area contributed by atoms with Gasteiger partial charge in [0.25, 0.3) is 5.91 Å². The summed E-state index contributed by atoms with van der Waals surface area (Å²) in [6, 6.07) is 6.00. The molecule has 3 heterocycles. The van der Waals surface area contributed by atoms with Crippen molar-refractivity contribution in [2.75, 3.05) is 31.2 Å². The van der Waals surface area contributed by atoms with Gasteiger partial charge in [0.15, 0.2) is 0 Å². The number of aliphatic hydroxyl groups is 1. The number of fused-ring (bicyclic) bond motifs is 1. The summed E-state index contributed by atoms with van der Waals surface area (Å²) in [5.41, 5.74) is -0.648. The minimum Gasteiger partial charge on any atom is -0.461 e. The molecule has 0 saturated carbocycles. The monoisotopic (exact) mass is 488 g/mol. The van der Waals surface area contributed by atoms with E-state index in [9.17, 15) is 19.5 Å². The fourth-order valence-corrected chi connectivity index (χ4v) is 5.91. The zero-order chi connectivity index (χ0) is 24.5. The summed E-state index contributed by atoms with van der Waals surface area (Å²) in [5.74, 6) is -2.82. The van der Waals surface area contributed by atoms with Crippen molar-refractivity contribution in [3.05, 3.63) is 54.6 Å². The number of esters is 1. The topological polar surface area (TPSA) is 96.4 Å². The van der Waals surface area contributed by atoms with Crippen molar-refractivity contribution in [2.24, 2.45) is 11.8 Å². The predicted octanol–water partition coefficient (Wildman–Crippen LogP) is 2.35. The number of ether oxygens (including phenoxy) is 2. The maximum Gasteiger partial charge on any atom is 0.312 e. The number of hydrogen-bond acceptors (Lipinski definition) is 6. The van der Waals surface area contributed by atoms with Gasteiger partial charge in [-0.05, 0) is 31.4 Å². The van der Waals surface area contributed by atoms with Gasteiger partial charge in [0, 0.05) is 19.7 Å². The quantitative estimate of drug-likeness (QED) is 0.401. The van der Waals surface area contributed by atoms with Crippen molar-refractivity contribution in [1.29, 1.82) is 0 Å². The molecule has 1 aromatic rings. The highest BCUT2D eigenvalue weighted by Crippen LogP contribution is 2.59. The Morgan fingerprint density at radius 2 is 2.09 bits per heavy atom. The molecule has 2 amide bonds. The Bertz CT molecular complexity index is 999. The van der Waals surface area contributed by atoms with Gasteiger partial charge in [0.1, 0.15) is 18.2 Å². The first-order chi connectivity index (χ1) is 16.4. The second-order valence-corrected chi connectivity index (χ2v) is 9.18. The highest BCUT2D eigenvalue weighted by Gasteiger charge is 2.75. The summed E-state index contributed by atoms with van der Waals surface area (Å²) in [6.45, 7) is 7.57. The molecule has 4 rings (SSSR count). The summed E-state index contributed by atoms with van der Waals surface area (Å²) < 4.78 is 11.6. The number of carbonyl (C=O) groups is 3. The van der Waals surface area contributed by atoms with Crippen LogP contribution >= 0.6 is 11.6 Å². The number of halogens is 1. The highest BCUT2D eigenvalue weighted by molar-refractivity contribution is 6.34. The summed E-state index contributed by atoms with van der Waals surface area (Å²) >= 11 is 6.41. The van der Waals surface area contributed by atoms with Crippen molar-refractivity contribution in [2.45, 2.75) is 37.0 Å². The van der Waals surface area contributed by atoms with Crippen LogP contribution in [0.1, 0.15) is 19.3 Å². The van der Waals surface area contributed by atoms with Crippen LogP contribution in [0.5, 0.6) is 0 Å². The average Bonchev–Trinajstić information content (AvgIpc) is 3.47. The summed E-state index contributed by atoms with van der Waals surface area (Å²) in [7, 11) is 0. The van der Waals surface area contributed by atoms with Crippen LogP contribution in [-0.2, 0) is 23.9 Å². The summed E-state index contributed by atoms with van der Waals surface area (Å²) in [5, 5.41) is 9.83. The van der Waals surface area contributed by atoms with Gasteiger partial charge in [0.2, 0.25) is 5.91 Å². The fourth-order valence-electron chi connectivity index (χ4n) is 5.67. The van der Waals surface area contributed by atoms with Crippen LogP contribution in [0.4, 0.5) is 5.69 Å². The lowest BCUT2D eigenvalue weighted by atomic mass is 9.70. The molecule has 3 saturated heterocycles. The maximum absolute atomic E-state index is 14.1. The third kappa shape index (κ3) is 3.83. The number of carbonyl (C=O) groups excluding carboxylic acids is 3. The second kappa shape index (κ2) is 9.90. The number of benzene rings is 1. The third-order valence-electron chi connectivity index (χ3n) is 6.93. The van der Waals surface area contributed by atoms with E-state index in [1.165, 1.54) is 15.9 Å². The van der Waals surface area contributed by atoms with E-state index in [1.54, 1.807) is 30.3 Å². The van der Waals surface area contributed by atoms with E-state index in [0.29, 0.717) is 30.0 Å². The molecule has 1 N–H and O–H groups in total. The molecule has 1 spiro atoms. The van der Waals surface area contributed by atoms with Crippen LogP contribution in [0.2, 0.25) is 5.02 Å². The van der Waals surface area contributed by atoms with Crippen molar-refractivity contribution in [3.63, 3.8) is 0 Å². The number of amides is 2. The van der Waals surface area contributed by atoms with E-state index in [4.69, 9.17) is 21.1 Å². The van der Waals surface area contributed by atoms with Gasteiger partial charge in [-0.1, -0.05) is 42.5 Å². The minimum atomic E-state index is -1.15. The van der Waals surface area contributed by atoms with Crippen molar-refractivity contribution in [3.8, 4) is 0 Å². The van der Waals surface area contributed by atoms with Gasteiger partial charge in [-0.25, -0.2) is 0 Å². The largest absolute Gasteiger partial charge is 0.461 e. The molecular formula is C25H29ClN2O6. The molecule has 34 heavy (non-hydrogen) atoms. The molecule has 9 heteroatoms. The molecule has 1 aromatic carbocycles. The Balaban J connectivity index is 1.75. The number of hydrogen-bond donors (Lipinski definition) is 1. The van der Waals surface area contributed by atoms with Gasteiger partial charge in [0.05, 0.1) is 28.6 Å². The van der Waals surface area contributed by atoms with Crippen LogP contribution in [-0.4, -0.2) is 71.8 Å². The number of nitrogens with zero attached hydrogens (tertiary/aromatic N) is 2. The van der Waals surface area contributed by atoms with Crippen LogP contribution in [0, 0.1) is 11.8 Å². The van der Waals surface area contributed by atoms with Gasteiger partial charge in [-0.2, -0.15) is 0 Å². The minimum absolute atomic E-state index is 0.0339. The lowest BCUT2D eigenvalue weighted by molar-refractivity contribution is -0.154. The molecule has 182 valence electrons. The first kappa shape index (κ1) is 24.4. The number of anilines is 1. The molecule has 2 bridgehead atoms. The van der Waals surface area contributed by atoms with E-state index < -0.39 is 35.6 Å². The molecule has 3 aliphatic rings. The van der Waals surface area contributed by atoms with Crippen molar-refractivity contribution < 1.29 is 29.0 Å². The predicted molar refractivity (Wildman–Crippen MR) is 126 cm³/mol. The SMILES string of the molecule is C=CCOC(=O)[C@@H]1[C@@H]2CCC3(O2)C(C(=O)N(CC=C)c2ccccc2Cl)N(CCCO)C(=O)[C@H]13. The maximum atomic E-state index is 14.1. The number of likely N-dealkylation sites (tertiary alicyclic amines) is 1. The molecule has 8 nitrogen and oxygen atoms in total. The highest BCUT2D eigenvalue weighted by atomic mass is 35.5. The molecule has 5 atom stereocenters. The molecule has 3 fully saturated rings. The van der Waals surface area contributed by atoms with Gasteiger partial charge in [-0.15, -0.1) is 6.58 Å². The second-order valence-electron chi connectivity index (χ2n) is 8.77. The molecule has 0 aromatic heterocycles. The Labute approximate surface area is 203 Å². The van der Waals surface area contributed by atoms with E-state index in [2.05, 4.69) is 13.2 Å². The molecule has 2 unspecified atom stereocenters. The Hall–Kier alpha value is -2.68. The van der Waals surface area contributed by atoms with E-state index in [0.717, 1.165) is 0 Å². The molecule has 0 radical (unpaired) electrons. The van der Waals surface area contributed by atoms with Crippen LogP contribution in [0.3, 0.4) is 0 Å². The van der Waals surface area contributed by atoms with E-state index >= 15 is 0 Å². The molecule has 0 aliphatic carbocycles. The lowest BCUT2D eigenvalue weighted by Gasteiger charge is -2.37. The smallest absolute Gasteiger partial charge is 0.312 e. The average molecular weight is 489 g/mol.